The van der Waals surface area contributed by atoms with Crippen molar-refractivity contribution in [3.63, 3.8) is 0 Å². The molecule has 0 saturated heterocycles. The molecule has 8 heteroatoms. The van der Waals surface area contributed by atoms with Gasteiger partial charge in [-0.15, -0.1) is 0 Å². The van der Waals surface area contributed by atoms with Gasteiger partial charge in [-0.25, -0.2) is 4.79 Å². The summed E-state index contributed by atoms with van der Waals surface area (Å²) in [5.41, 5.74) is 0.942. The number of hydrogen-bond donors (Lipinski definition) is 1. The van der Waals surface area contributed by atoms with E-state index in [1.54, 1.807) is 12.0 Å². The summed E-state index contributed by atoms with van der Waals surface area (Å²) in [5.74, 6) is -1.03. The van der Waals surface area contributed by atoms with Crippen LogP contribution in [0.25, 0.3) is 10.9 Å². The first-order valence-corrected chi connectivity index (χ1v) is 8.83. The number of Topliss-reactive ketones (excluding diaryl/α,β-unsaturated/α-hetero) is 1. The number of rotatable bonds is 4. The van der Waals surface area contributed by atoms with Crippen molar-refractivity contribution < 1.29 is 28.6 Å². The highest BCUT2D eigenvalue weighted by molar-refractivity contribution is 6.23. The zero-order valence-corrected chi connectivity index (χ0v) is 15.8. The van der Waals surface area contributed by atoms with Gasteiger partial charge in [0.25, 0.3) is 0 Å². The van der Waals surface area contributed by atoms with Gasteiger partial charge in [-0.3, -0.25) is 9.59 Å². The van der Waals surface area contributed by atoms with E-state index >= 15 is 0 Å². The van der Waals surface area contributed by atoms with Crippen LogP contribution in [0.3, 0.4) is 0 Å². The zero-order chi connectivity index (χ0) is 20.1. The van der Waals surface area contributed by atoms with Gasteiger partial charge in [0.15, 0.2) is 5.54 Å². The fourth-order valence-corrected chi connectivity index (χ4v) is 4.20. The molecule has 3 heterocycles. The number of nitrogens with one attached hydrogen (secondary N) is 1. The average molecular weight is 384 g/mol. The maximum Gasteiger partial charge on any atom is 0.343 e. The number of H-pyrrole nitrogens is 1. The maximum atomic E-state index is 13.4. The Kier molecular flexibility index (Phi) is 4.14. The molecule has 0 saturated carbocycles. The van der Waals surface area contributed by atoms with Gasteiger partial charge in [0.05, 0.1) is 33.4 Å². The summed E-state index contributed by atoms with van der Waals surface area (Å²) in [6, 6.07) is 5.60. The smallest absolute Gasteiger partial charge is 0.343 e. The zero-order valence-electron chi connectivity index (χ0n) is 15.8. The standard InChI is InChI=1S/C20H20N2O6/c1-26-11-4-5-15-13(8-11)12-6-7-22-10-14(19(25)28-3)18(24)20(22,17(12)21-15)9-16(23)27-2/h4-5,8,10,21H,6-7,9H2,1-3H3. The van der Waals surface area contributed by atoms with Crippen LogP contribution in [-0.2, 0) is 35.8 Å². The number of hydrogen-bond acceptors (Lipinski definition) is 7. The van der Waals surface area contributed by atoms with Crippen molar-refractivity contribution in [2.24, 2.45) is 0 Å². The lowest BCUT2D eigenvalue weighted by molar-refractivity contribution is -0.148. The molecule has 1 atom stereocenters. The van der Waals surface area contributed by atoms with E-state index in [9.17, 15) is 14.4 Å². The number of ketones is 1. The minimum Gasteiger partial charge on any atom is -0.497 e. The molecule has 28 heavy (non-hydrogen) atoms. The number of carbonyl (C=O) groups is 3. The lowest BCUT2D eigenvalue weighted by Crippen LogP contribution is -2.51. The molecule has 2 aliphatic heterocycles. The van der Waals surface area contributed by atoms with E-state index in [0.29, 0.717) is 24.4 Å². The third-order valence-corrected chi connectivity index (χ3v) is 5.56. The number of aromatic amines is 1. The highest BCUT2D eigenvalue weighted by Gasteiger charge is 2.57. The van der Waals surface area contributed by atoms with Crippen molar-refractivity contribution in [3.8, 4) is 5.75 Å². The van der Waals surface area contributed by atoms with E-state index < -0.39 is 23.3 Å². The number of methoxy groups -OCH3 is 3. The van der Waals surface area contributed by atoms with Crippen LogP contribution in [0.4, 0.5) is 0 Å². The van der Waals surface area contributed by atoms with Crippen LogP contribution in [0.5, 0.6) is 5.75 Å². The lowest BCUT2D eigenvalue weighted by Gasteiger charge is -2.41. The largest absolute Gasteiger partial charge is 0.497 e. The number of esters is 2. The maximum absolute atomic E-state index is 13.4. The predicted molar refractivity (Wildman–Crippen MR) is 98.7 cm³/mol. The van der Waals surface area contributed by atoms with Gasteiger partial charge < -0.3 is 24.1 Å². The van der Waals surface area contributed by atoms with E-state index in [2.05, 4.69) is 4.98 Å². The van der Waals surface area contributed by atoms with Gasteiger partial charge in [0.1, 0.15) is 11.3 Å². The second-order valence-electron chi connectivity index (χ2n) is 6.81. The van der Waals surface area contributed by atoms with Crippen molar-refractivity contribution in [1.29, 1.82) is 0 Å². The predicted octanol–water partition coefficient (Wildman–Crippen LogP) is 1.43. The molecular formula is C20H20N2O6. The monoisotopic (exact) mass is 384 g/mol. The number of fused-ring (bicyclic) bond motifs is 5. The molecule has 0 radical (unpaired) electrons. The van der Waals surface area contributed by atoms with Gasteiger partial charge in [-0.2, -0.15) is 0 Å². The van der Waals surface area contributed by atoms with Gasteiger partial charge in [-0.05, 0) is 30.2 Å². The van der Waals surface area contributed by atoms with Crippen molar-refractivity contribution >= 4 is 28.6 Å². The third-order valence-electron chi connectivity index (χ3n) is 5.56. The first-order valence-electron chi connectivity index (χ1n) is 8.83. The molecule has 8 nitrogen and oxygen atoms in total. The van der Waals surface area contributed by atoms with Crippen LogP contribution in [0.15, 0.2) is 30.0 Å². The van der Waals surface area contributed by atoms with Gasteiger partial charge >= 0.3 is 11.9 Å². The molecule has 1 aromatic carbocycles. The number of aromatic nitrogens is 1. The minimum atomic E-state index is -1.35. The van der Waals surface area contributed by atoms with Crippen LogP contribution in [0, 0.1) is 0 Å². The summed E-state index contributed by atoms with van der Waals surface area (Å²) in [4.78, 5) is 42.9. The Labute approximate surface area is 161 Å². The quantitative estimate of drug-likeness (QED) is 0.629. The highest BCUT2D eigenvalue weighted by atomic mass is 16.5. The molecule has 0 aliphatic carbocycles. The van der Waals surface area contributed by atoms with E-state index in [1.807, 2.05) is 18.2 Å². The average Bonchev–Trinajstić information content (AvgIpc) is 3.23. The van der Waals surface area contributed by atoms with E-state index in [-0.39, 0.29) is 12.0 Å². The molecule has 0 spiro atoms. The Hall–Kier alpha value is -3.29. The molecule has 2 aromatic rings. The fourth-order valence-electron chi connectivity index (χ4n) is 4.20. The molecule has 2 aliphatic rings. The Bertz CT molecular complexity index is 1040. The lowest BCUT2D eigenvalue weighted by atomic mass is 9.79. The van der Waals surface area contributed by atoms with Crippen LogP contribution in [0.2, 0.25) is 0 Å². The first kappa shape index (κ1) is 18.1. The summed E-state index contributed by atoms with van der Waals surface area (Å²) in [5, 5.41) is 0.928. The normalized spacial score (nSPS) is 20.5. The third kappa shape index (κ3) is 2.33. The first-order chi connectivity index (χ1) is 13.5. The molecule has 0 amide bonds. The van der Waals surface area contributed by atoms with Crippen molar-refractivity contribution in [1.82, 2.24) is 9.88 Å². The molecule has 0 fully saturated rings. The van der Waals surface area contributed by atoms with Crippen molar-refractivity contribution in [2.45, 2.75) is 18.4 Å². The second-order valence-corrected chi connectivity index (χ2v) is 6.81. The van der Waals surface area contributed by atoms with Crippen molar-refractivity contribution in [3.05, 3.63) is 41.2 Å². The molecule has 146 valence electrons. The second kappa shape index (κ2) is 6.40. The van der Waals surface area contributed by atoms with E-state index in [1.165, 1.54) is 20.4 Å². The fraction of sp³-hybridized carbons (Fsp3) is 0.350. The summed E-state index contributed by atoms with van der Waals surface area (Å²) in [6.45, 7) is 0.473. The van der Waals surface area contributed by atoms with E-state index in [4.69, 9.17) is 14.2 Å². The highest BCUT2D eigenvalue weighted by Crippen LogP contribution is 2.47. The molecule has 1 N–H and O–H groups in total. The topological polar surface area (TPSA) is 97.9 Å². The number of benzene rings is 1. The minimum absolute atomic E-state index is 0.0736. The Morgan fingerprint density at radius 2 is 2.00 bits per heavy atom. The van der Waals surface area contributed by atoms with Crippen LogP contribution >= 0.6 is 0 Å². The number of carbonyl (C=O) groups excluding carboxylic acids is 3. The van der Waals surface area contributed by atoms with Gasteiger partial charge in [0.2, 0.25) is 5.78 Å². The summed E-state index contributed by atoms with van der Waals surface area (Å²) >= 11 is 0. The van der Waals surface area contributed by atoms with Gasteiger partial charge in [0, 0.05) is 23.6 Å². The Morgan fingerprint density at radius 1 is 1.21 bits per heavy atom. The summed E-state index contributed by atoms with van der Waals surface area (Å²) in [6.07, 6.45) is 1.92. The molecule has 4 rings (SSSR count). The number of ether oxygens (including phenoxy) is 3. The van der Waals surface area contributed by atoms with Gasteiger partial charge in [-0.1, -0.05) is 0 Å². The van der Waals surface area contributed by atoms with Crippen molar-refractivity contribution in [2.75, 3.05) is 27.9 Å². The molecule has 1 aromatic heterocycles. The molecule has 1 unspecified atom stereocenters. The molecular weight excluding hydrogens is 364 g/mol. The van der Waals surface area contributed by atoms with Crippen LogP contribution in [-0.4, -0.2) is 55.5 Å². The summed E-state index contributed by atoms with van der Waals surface area (Å²) in [7, 11) is 4.09. The SMILES string of the molecule is COC(=O)CC12C(=O)C(C(=O)OC)=CN1CCc1c2[nH]c2ccc(OC)cc12. The molecule has 0 bridgehead atoms. The summed E-state index contributed by atoms with van der Waals surface area (Å²) < 4.78 is 15.0. The Balaban J connectivity index is 1.94. The Morgan fingerprint density at radius 3 is 2.68 bits per heavy atom. The van der Waals surface area contributed by atoms with Crippen LogP contribution in [0.1, 0.15) is 17.7 Å². The number of nitrogens with zero attached hydrogens (tertiary/aromatic N) is 1. The van der Waals surface area contributed by atoms with E-state index in [0.717, 1.165) is 16.5 Å². The van der Waals surface area contributed by atoms with Crippen LogP contribution < -0.4 is 4.74 Å².